The lowest BCUT2D eigenvalue weighted by Gasteiger charge is -2.11. The zero-order valence-corrected chi connectivity index (χ0v) is 13.0. The van der Waals surface area contributed by atoms with E-state index in [9.17, 15) is 8.42 Å². The van der Waals surface area contributed by atoms with Crippen molar-refractivity contribution in [3.8, 4) is 0 Å². The van der Waals surface area contributed by atoms with Gasteiger partial charge in [0.05, 0.1) is 26.5 Å². The third kappa shape index (κ3) is 4.68. The number of rotatable bonds is 6. The standard InChI is InChI=1S/C11H13Cl3N2O2S/c12-8-5-10(14)11(6-9(8)13)16-19(17,18)4-3-15-7-1-2-7/h5-7,15-16H,1-4H2. The Labute approximate surface area is 127 Å². The van der Waals surface area contributed by atoms with Crippen molar-refractivity contribution in [1.29, 1.82) is 0 Å². The summed E-state index contributed by atoms with van der Waals surface area (Å²) in [7, 11) is -3.45. The molecule has 0 unspecified atom stereocenters. The fraction of sp³-hybridized carbons (Fsp3) is 0.455. The molecule has 1 aromatic carbocycles. The minimum Gasteiger partial charge on any atom is -0.313 e. The van der Waals surface area contributed by atoms with Crippen molar-refractivity contribution in [3.63, 3.8) is 0 Å². The molecular weight excluding hydrogens is 331 g/mol. The highest BCUT2D eigenvalue weighted by molar-refractivity contribution is 7.92. The van der Waals surface area contributed by atoms with Crippen LogP contribution in [-0.4, -0.2) is 26.8 Å². The Hall–Kier alpha value is -0.200. The van der Waals surface area contributed by atoms with E-state index in [2.05, 4.69) is 10.0 Å². The van der Waals surface area contributed by atoms with Crippen molar-refractivity contribution >= 4 is 50.5 Å². The highest BCUT2D eigenvalue weighted by atomic mass is 35.5. The summed E-state index contributed by atoms with van der Waals surface area (Å²) < 4.78 is 26.1. The van der Waals surface area contributed by atoms with E-state index in [1.165, 1.54) is 12.1 Å². The van der Waals surface area contributed by atoms with Crippen LogP contribution in [0, 0.1) is 0 Å². The Bertz CT molecular complexity index is 574. The molecule has 0 aliphatic heterocycles. The number of anilines is 1. The SMILES string of the molecule is O=S(=O)(CCNC1CC1)Nc1cc(Cl)c(Cl)cc1Cl. The van der Waals surface area contributed by atoms with Crippen molar-refractivity contribution in [2.75, 3.05) is 17.0 Å². The van der Waals surface area contributed by atoms with E-state index in [1.54, 1.807) is 0 Å². The summed E-state index contributed by atoms with van der Waals surface area (Å²) in [6.45, 7) is 0.416. The van der Waals surface area contributed by atoms with Crippen LogP contribution in [0.4, 0.5) is 5.69 Å². The Morgan fingerprint density at radius 2 is 1.74 bits per heavy atom. The molecule has 4 nitrogen and oxygen atoms in total. The van der Waals surface area contributed by atoms with Gasteiger partial charge in [-0.3, -0.25) is 4.72 Å². The average Bonchev–Trinajstić information content (AvgIpc) is 3.09. The van der Waals surface area contributed by atoms with E-state index in [4.69, 9.17) is 34.8 Å². The second kappa shape index (κ2) is 6.06. The van der Waals surface area contributed by atoms with Crippen molar-refractivity contribution in [2.45, 2.75) is 18.9 Å². The molecule has 106 valence electrons. The molecule has 0 spiro atoms. The molecule has 1 saturated carbocycles. The second-order valence-corrected chi connectivity index (χ2v) is 7.46. The number of hydrogen-bond acceptors (Lipinski definition) is 3. The minimum absolute atomic E-state index is 0.0138. The highest BCUT2D eigenvalue weighted by Crippen LogP contribution is 2.32. The first-order valence-corrected chi connectivity index (χ1v) is 8.54. The van der Waals surface area contributed by atoms with Gasteiger partial charge in [0.15, 0.2) is 0 Å². The lowest BCUT2D eigenvalue weighted by atomic mass is 10.3. The summed E-state index contributed by atoms with van der Waals surface area (Å²) >= 11 is 17.5. The lowest BCUT2D eigenvalue weighted by Crippen LogP contribution is -2.28. The van der Waals surface area contributed by atoms with E-state index in [0.717, 1.165) is 12.8 Å². The van der Waals surface area contributed by atoms with Crippen LogP contribution in [0.2, 0.25) is 15.1 Å². The molecule has 0 amide bonds. The molecule has 8 heteroatoms. The van der Waals surface area contributed by atoms with Gasteiger partial charge in [0, 0.05) is 12.6 Å². The van der Waals surface area contributed by atoms with Gasteiger partial charge in [-0.2, -0.15) is 0 Å². The number of hydrogen-bond donors (Lipinski definition) is 2. The normalized spacial score (nSPS) is 15.5. The van der Waals surface area contributed by atoms with Gasteiger partial charge in [-0.05, 0) is 25.0 Å². The molecule has 0 aromatic heterocycles. The van der Waals surface area contributed by atoms with Gasteiger partial charge in [0.25, 0.3) is 0 Å². The molecule has 2 N–H and O–H groups in total. The van der Waals surface area contributed by atoms with Crippen LogP contribution in [0.25, 0.3) is 0 Å². The van der Waals surface area contributed by atoms with Crippen molar-refractivity contribution < 1.29 is 8.42 Å². The van der Waals surface area contributed by atoms with Crippen LogP contribution in [0.1, 0.15) is 12.8 Å². The average molecular weight is 344 g/mol. The zero-order valence-electron chi connectivity index (χ0n) is 9.92. The van der Waals surface area contributed by atoms with Gasteiger partial charge in [0.2, 0.25) is 10.0 Å². The van der Waals surface area contributed by atoms with Crippen LogP contribution in [0.3, 0.4) is 0 Å². The molecule has 1 aliphatic carbocycles. The second-order valence-electron chi connectivity index (χ2n) is 4.40. The summed E-state index contributed by atoms with van der Waals surface area (Å²) in [6.07, 6.45) is 2.23. The Kier molecular flexibility index (Phi) is 4.84. The quantitative estimate of drug-likeness (QED) is 0.780. The number of benzene rings is 1. The first-order valence-electron chi connectivity index (χ1n) is 5.76. The van der Waals surface area contributed by atoms with E-state index < -0.39 is 10.0 Å². The van der Waals surface area contributed by atoms with E-state index in [0.29, 0.717) is 12.6 Å². The van der Waals surface area contributed by atoms with Gasteiger partial charge < -0.3 is 5.32 Å². The van der Waals surface area contributed by atoms with E-state index in [1.807, 2.05) is 0 Å². The number of nitrogens with one attached hydrogen (secondary N) is 2. The maximum Gasteiger partial charge on any atom is 0.234 e. The molecule has 2 rings (SSSR count). The molecule has 0 saturated heterocycles. The third-order valence-electron chi connectivity index (χ3n) is 2.66. The van der Waals surface area contributed by atoms with Gasteiger partial charge in [0.1, 0.15) is 0 Å². The zero-order chi connectivity index (χ0) is 14.0. The minimum atomic E-state index is -3.45. The summed E-state index contributed by atoms with van der Waals surface area (Å²) in [4.78, 5) is 0. The van der Waals surface area contributed by atoms with Gasteiger partial charge in [-0.1, -0.05) is 34.8 Å². The Morgan fingerprint density at radius 1 is 1.11 bits per heavy atom. The maximum atomic E-state index is 11.9. The van der Waals surface area contributed by atoms with E-state index in [-0.39, 0.29) is 26.5 Å². The van der Waals surface area contributed by atoms with Crippen LogP contribution < -0.4 is 10.0 Å². The fourth-order valence-corrected chi connectivity index (χ4v) is 3.15. The molecule has 1 aromatic rings. The summed E-state index contributed by atoms with van der Waals surface area (Å²) in [5.74, 6) is -0.0138. The molecular formula is C11H13Cl3N2O2S. The summed E-state index contributed by atoms with van der Waals surface area (Å²) in [6, 6.07) is 3.29. The Morgan fingerprint density at radius 3 is 2.37 bits per heavy atom. The van der Waals surface area contributed by atoms with Crippen molar-refractivity contribution in [2.24, 2.45) is 0 Å². The van der Waals surface area contributed by atoms with Crippen molar-refractivity contribution in [3.05, 3.63) is 27.2 Å². The summed E-state index contributed by atoms with van der Waals surface area (Å²) in [5, 5.41) is 3.88. The number of sulfonamides is 1. The van der Waals surface area contributed by atoms with Gasteiger partial charge in [-0.25, -0.2) is 8.42 Å². The largest absolute Gasteiger partial charge is 0.313 e. The van der Waals surface area contributed by atoms with Gasteiger partial charge in [-0.15, -0.1) is 0 Å². The molecule has 0 radical (unpaired) electrons. The first kappa shape index (κ1) is 15.2. The maximum absolute atomic E-state index is 11.9. The van der Waals surface area contributed by atoms with Crippen LogP contribution in [-0.2, 0) is 10.0 Å². The molecule has 1 aliphatic rings. The van der Waals surface area contributed by atoms with Crippen LogP contribution in [0.15, 0.2) is 12.1 Å². The lowest BCUT2D eigenvalue weighted by molar-refractivity contribution is 0.595. The van der Waals surface area contributed by atoms with Crippen molar-refractivity contribution in [1.82, 2.24) is 5.32 Å². The molecule has 19 heavy (non-hydrogen) atoms. The van der Waals surface area contributed by atoms with Crippen LogP contribution in [0.5, 0.6) is 0 Å². The van der Waals surface area contributed by atoms with Crippen LogP contribution >= 0.6 is 34.8 Å². The molecule has 0 atom stereocenters. The topological polar surface area (TPSA) is 58.2 Å². The highest BCUT2D eigenvalue weighted by Gasteiger charge is 2.21. The molecule has 1 fully saturated rings. The monoisotopic (exact) mass is 342 g/mol. The first-order chi connectivity index (χ1) is 8.87. The Balaban J connectivity index is 2.00. The third-order valence-corrected chi connectivity index (χ3v) is 4.96. The molecule has 0 heterocycles. The summed E-state index contributed by atoms with van der Waals surface area (Å²) in [5.41, 5.74) is 0.238. The smallest absolute Gasteiger partial charge is 0.234 e. The van der Waals surface area contributed by atoms with Gasteiger partial charge >= 0.3 is 0 Å². The fourth-order valence-electron chi connectivity index (χ4n) is 1.50. The predicted molar refractivity (Wildman–Crippen MR) is 79.9 cm³/mol. The predicted octanol–water partition coefficient (Wildman–Crippen LogP) is 3.14. The number of halogens is 3. The van der Waals surface area contributed by atoms with E-state index >= 15 is 0 Å². The molecule has 0 bridgehead atoms.